The van der Waals surface area contributed by atoms with Gasteiger partial charge in [-0.25, -0.2) is 4.98 Å². The van der Waals surface area contributed by atoms with Crippen molar-refractivity contribution < 1.29 is 41.3 Å². The minimum absolute atomic E-state index is 0.0265. The number of hydrogen-bond acceptors (Lipinski definition) is 6. The fourth-order valence-electron chi connectivity index (χ4n) is 2.56. The van der Waals surface area contributed by atoms with Crippen LogP contribution in [-0.4, -0.2) is 47.8 Å². The number of aromatic nitrogens is 1. The van der Waals surface area contributed by atoms with E-state index in [1.54, 1.807) is 0 Å². The van der Waals surface area contributed by atoms with Crippen LogP contribution < -0.4 is 9.47 Å². The molecule has 1 aromatic carbocycles. The van der Waals surface area contributed by atoms with Crippen LogP contribution >= 0.6 is 11.3 Å². The van der Waals surface area contributed by atoms with Crippen molar-refractivity contribution in [2.75, 3.05) is 14.2 Å². The zero-order chi connectivity index (χ0) is 22.7. The second-order valence-corrected chi connectivity index (χ2v) is 7.30. The second-order valence-electron chi connectivity index (χ2n) is 6.44. The summed E-state index contributed by atoms with van der Waals surface area (Å²) < 4.78 is 75.0. The highest BCUT2D eigenvalue weighted by molar-refractivity contribution is 7.09. The molecule has 0 aliphatic carbocycles. The van der Waals surface area contributed by atoms with Crippen molar-refractivity contribution in [1.29, 1.82) is 0 Å². The normalized spacial score (nSPS) is 13.8. The molecule has 1 unspecified atom stereocenters. The summed E-state index contributed by atoms with van der Waals surface area (Å²) in [5.74, 6) is -1.27. The number of hydrogen-bond donors (Lipinski definition) is 1. The van der Waals surface area contributed by atoms with Crippen molar-refractivity contribution in [3.63, 3.8) is 0 Å². The molecule has 0 spiro atoms. The molecule has 0 saturated carbocycles. The second kappa shape index (κ2) is 9.13. The lowest BCUT2D eigenvalue weighted by Crippen LogP contribution is -2.46. The summed E-state index contributed by atoms with van der Waals surface area (Å²) in [6, 6.07) is 3.96. The summed E-state index contributed by atoms with van der Waals surface area (Å²) in [5.41, 5.74) is -2.85. The molecule has 0 bridgehead atoms. The SMILES string of the molecule is COc1ccc(CN(C)C(=O)CC(O)(c2nc(C)cs2)C(F)(F)F)cc1OC(F)F. The number of aryl methyl sites for hydroxylation is 1. The Morgan fingerprint density at radius 3 is 2.47 bits per heavy atom. The van der Waals surface area contributed by atoms with Gasteiger partial charge in [0.1, 0.15) is 5.01 Å². The average molecular weight is 454 g/mol. The van der Waals surface area contributed by atoms with Crippen LogP contribution in [0.2, 0.25) is 0 Å². The molecular formula is C18H19F5N2O4S. The van der Waals surface area contributed by atoms with E-state index in [1.807, 2.05) is 0 Å². The van der Waals surface area contributed by atoms with Crippen molar-refractivity contribution >= 4 is 17.2 Å². The molecule has 2 aromatic rings. The maximum atomic E-state index is 13.6. The molecule has 2 rings (SSSR count). The number of alkyl halides is 5. The standard InChI is InChI=1S/C18H19F5N2O4S/c1-10-9-30-15(24-10)17(27,18(21,22)23)7-14(26)25(2)8-11-4-5-12(28-3)13(6-11)29-16(19)20/h4-6,9,16,27H,7-8H2,1-3H3. The molecule has 30 heavy (non-hydrogen) atoms. The highest BCUT2D eigenvalue weighted by atomic mass is 32.1. The van der Waals surface area contributed by atoms with Crippen LogP contribution in [0.4, 0.5) is 22.0 Å². The highest BCUT2D eigenvalue weighted by Gasteiger charge is 2.58. The van der Waals surface area contributed by atoms with E-state index < -0.39 is 35.7 Å². The third kappa shape index (κ3) is 5.36. The lowest BCUT2D eigenvalue weighted by Gasteiger charge is -2.30. The van der Waals surface area contributed by atoms with Gasteiger partial charge in [0, 0.05) is 24.7 Å². The Labute approximate surface area is 172 Å². The number of thiazole rings is 1. The van der Waals surface area contributed by atoms with E-state index in [2.05, 4.69) is 9.72 Å². The number of amides is 1. The van der Waals surface area contributed by atoms with Crippen LogP contribution in [-0.2, 0) is 16.9 Å². The molecule has 0 aliphatic rings. The van der Waals surface area contributed by atoms with Crippen LogP contribution in [0.1, 0.15) is 22.7 Å². The average Bonchev–Trinajstić information content (AvgIpc) is 3.07. The maximum absolute atomic E-state index is 13.6. The molecular weight excluding hydrogens is 435 g/mol. The molecule has 0 fully saturated rings. The summed E-state index contributed by atoms with van der Waals surface area (Å²) in [7, 11) is 2.48. The van der Waals surface area contributed by atoms with Crippen LogP contribution in [0.25, 0.3) is 0 Å². The summed E-state index contributed by atoms with van der Waals surface area (Å²) in [5, 5.41) is 11.0. The molecule has 1 amide bonds. The van der Waals surface area contributed by atoms with Gasteiger partial charge in [-0.15, -0.1) is 11.3 Å². The first-order valence-electron chi connectivity index (χ1n) is 8.44. The van der Waals surface area contributed by atoms with Gasteiger partial charge in [-0.2, -0.15) is 22.0 Å². The number of benzene rings is 1. The zero-order valence-electron chi connectivity index (χ0n) is 16.2. The quantitative estimate of drug-likeness (QED) is 0.614. The van der Waals surface area contributed by atoms with Crippen molar-refractivity contribution in [1.82, 2.24) is 9.88 Å². The van der Waals surface area contributed by atoms with E-state index in [-0.39, 0.29) is 23.7 Å². The van der Waals surface area contributed by atoms with Gasteiger partial charge < -0.3 is 19.5 Å². The van der Waals surface area contributed by atoms with Crippen molar-refractivity contribution in [3.05, 3.63) is 39.8 Å². The first-order chi connectivity index (χ1) is 13.9. The van der Waals surface area contributed by atoms with Crippen molar-refractivity contribution in [2.24, 2.45) is 0 Å². The Hall–Kier alpha value is -2.47. The van der Waals surface area contributed by atoms with E-state index in [9.17, 15) is 31.9 Å². The fourth-order valence-corrected chi connectivity index (χ4v) is 3.48. The number of methoxy groups -OCH3 is 1. The molecule has 1 aromatic heterocycles. The van der Waals surface area contributed by atoms with Crippen LogP contribution in [0.3, 0.4) is 0 Å². The van der Waals surface area contributed by atoms with Crippen molar-refractivity contribution in [3.8, 4) is 11.5 Å². The lowest BCUT2D eigenvalue weighted by molar-refractivity contribution is -0.268. The topological polar surface area (TPSA) is 71.9 Å². The predicted octanol–water partition coefficient (Wildman–Crippen LogP) is 3.86. The largest absolute Gasteiger partial charge is 0.493 e. The Morgan fingerprint density at radius 2 is 1.97 bits per heavy atom. The highest BCUT2D eigenvalue weighted by Crippen LogP contribution is 2.43. The van der Waals surface area contributed by atoms with E-state index >= 15 is 0 Å². The minimum atomic E-state index is -5.13. The summed E-state index contributed by atoms with van der Waals surface area (Å²) >= 11 is 0.599. The minimum Gasteiger partial charge on any atom is -0.493 e. The molecule has 0 aliphatic heterocycles. The van der Waals surface area contributed by atoms with Gasteiger partial charge in [0.05, 0.1) is 13.5 Å². The van der Waals surface area contributed by atoms with E-state index in [1.165, 1.54) is 44.7 Å². The third-order valence-electron chi connectivity index (χ3n) is 4.14. The molecule has 166 valence electrons. The van der Waals surface area contributed by atoms with Gasteiger partial charge in [-0.3, -0.25) is 4.79 Å². The van der Waals surface area contributed by atoms with Gasteiger partial charge in [-0.05, 0) is 24.6 Å². The van der Waals surface area contributed by atoms with Gasteiger partial charge >= 0.3 is 12.8 Å². The van der Waals surface area contributed by atoms with E-state index in [0.29, 0.717) is 16.9 Å². The zero-order valence-corrected chi connectivity index (χ0v) is 17.0. The molecule has 1 N–H and O–H groups in total. The molecule has 1 atom stereocenters. The molecule has 1 heterocycles. The number of nitrogens with zero attached hydrogens (tertiary/aromatic N) is 2. The first-order valence-corrected chi connectivity index (χ1v) is 9.32. The number of rotatable bonds is 8. The Morgan fingerprint density at radius 1 is 1.30 bits per heavy atom. The number of halogens is 5. The van der Waals surface area contributed by atoms with Crippen LogP contribution in [0, 0.1) is 6.92 Å². The van der Waals surface area contributed by atoms with E-state index in [4.69, 9.17) is 4.74 Å². The Bertz CT molecular complexity index is 890. The molecule has 6 nitrogen and oxygen atoms in total. The number of ether oxygens (including phenoxy) is 2. The van der Waals surface area contributed by atoms with Crippen molar-refractivity contribution in [2.45, 2.75) is 38.3 Å². The molecule has 12 heteroatoms. The number of carbonyl (C=O) groups is 1. The summed E-state index contributed by atoms with van der Waals surface area (Å²) in [4.78, 5) is 17.1. The van der Waals surface area contributed by atoms with Gasteiger partial charge in [0.2, 0.25) is 11.5 Å². The fraction of sp³-hybridized carbons (Fsp3) is 0.444. The monoisotopic (exact) mass is 454 g/mol. The first kappa shape index (κ1) is 23.8. The van der Waals surface area contributed by atoms with Gasteiger partial charge in [0.25, 0.3) is 0 Å². The lowest BCUT2D eigenvalue weighted by atomic mass is 9.98. The van der Waals surface area contributed by atoms with Crippen LogP contribution in [0.5, 0.6) is 11.5 Å². The molecule has 0 radical (unpaired) electrons. The maximum Gasteiger partial charge on any atom is 0.424 e. The van der Waals surface area contributed by atoms with E-state index in [0.717, 1.165) is 4.90 Å². The predicted molar refractivity (Wildman–Crippen MR) is 97.5 cm³/mol. The number of carbonyl (C=O) groups excluding carboxylic acids is 1. The summed E-state index contributed by atoms with van der Waals surface area (Å²) in [6.07, 6.45) is -6.41. The smallest absolute Gasteiger partial charge is 0.424 e. The Balaban J connectivity index is 2.20. The van der Waals surface area contributed by atoms with Gasteiger partial charge in [0.15, 0.2) is 11.5 Å². The van der Waals surface area contributed by atoms with Gasteiger partial charge in [-0.1, -0.05) is 6.07 Å². The number of aliphatic hydroxyl groups is 1. The summed E-state index contributed by atoms with van der Waals surface area (Å²) in [6.45, 7) is -1.86. The van der Waals surface area contributed by atoms with Crippen LogP contribution in [0.15, 0.2) is 23.6 Å². The molecule has 0 saturated heterocycles. The Kier molecular flexibility index (Phi) is 7.24. The third-order valence-corrected chi connectivity index (χ3v) is 5.25.